The van der Waals surface area contributed by atoms with Gasteiger partial charge in [-0.2, -0.15) is 0 Å². The van der Waals surface area contributed by atoms with Crippen LogP contribution in [0.5, 0.6) is 11.5 Å². The molecule has 4 N–H and O–H groups in total. The molecule has 4 aromatic rings. The van der Waals surface area contributed by atoms with Crippen LogP contribution in [0.25, 0.3) is 22.2 Å². The molecule has 176 valence electrons. The minimum Gasteiger partial charge on any atom is -0.508 e. The number of fused-ring (bicyclic) bond motifs is 1. The lowest BCUT2D eigenvalue weighted by Crippen LogP contribution is -2.25. The quantitative estimate of drug-likeness (QED) is 0.337. The van der Waals surface area contributed by atoms with Crippen LogP contribution in [-0.4, -0.2) is 38.3 Å². The highest BCUT2D eigenvalue weighted by Gasteiger charge is 2.28. The van der Waals surface area contributed by atoms with E-state index >= 15 is 0 Å². The van der Waals surface area contributed by atoms with Gasteiger partial charge in [-0.25, -0.2) is 0 Å². The summed E-state index contributed by atoms with van der Waals surface area (Å²) in [5.41, 5.74) is 1.90. The van der Waals surface area contributed by atoms with Crippen LogP contribution in [0.15, 0.2) is 47.0 Å². The molecule has 0 aliphatic carbocycles. The molecule has 0 saturated heterocycles. The molecule has 0 spiro atoms. The molecule has 34 heavy (non-hydrogen) atoms. The SMILES string of the molecule is CCNC(=O)c1noc(-c2cc(C(C)C)c(O)cc2O)c1NC(=O)c1cc2ccccc2n1C. The molecule has 2 heterocycles. The van der Waals surface area contributed by atoms with E-state index in [4.69, 9.17) is 4.52 Å². The average molecular weight is 463 g/mol. The molecule has 2 aromatic heterocycles. The van der Waals surface area contributed by atoms with Crippen molar-refractivity contribution in [3.8, 4) is 22.8 Å². The first kappa shape index (κ1) is 22.9. The average Bonchev–Trinajstić information content (AvgIpc) is 3.35. The predicted octanol–water partition coefficient (Wildman–Crippen LogP) is 4.37. The zero-order valence-corrected chi connectivity index (χ0v) is 19.3. The zero-order chi connectivity index (χ0) is 24.6. The van der Waals surface area contributed by atoms with Crippen molar-refractivity contribution < 1.29 is 24.3 Å². The van der Waals surface area contributed by atoms with Crippen LogP contribution in [0.1, 0.15) is 53.2 Å². The number of nitrogens with zero attached hydrogens (tertiary/aromatic N) is 2. The number of hydrogen-bond acceptors (Lipinski definition) is 6. The molecule has 0 bridgehead atoms. The van der Waals surface area contributed by atoms with Gasteiger partial charge >= 0.3 is 0 Å². The number of aryl methyl sites for hydroxylation is 1. The predicted molar refractivity (Wildman–Crippen MR) is 128 cm³/mol. The number of carbonyl (C=O) groups is 2. The first-order valence-corrected chi connectivity index (χ1v) is 10.9. The van der Waals surface area contributed by atoms with Crippen LogP contribution < -0.4 is 10.6 Å². The van der Waals surface area contributed by atoms with Gasteiger partial charge in [0.1, 0.15) is 22.9 Å². The van der Waals surface area contributed by atoms with Gasteiger partial charge in [0.15, 0.2) is 11.5 Å². The normalized spacial score (nSPS) is 11.2. The van der Waals surface area contributed by atoms with Crippen LogP contribution in [-0.2, 0) is 7.05 Å². The summed E-state index contributed by atoms with van der Waals surface area (Å²) in [5.74, 6) is -1.41. The number of aromatic nitrogens is 2. The monoisotopic (exact) mass is 462 g/mol. The number of para-hydroxylation sites is 1. The standard InChI is InChI=1S/C25H26N4O5/c1-5-26-25(33)22-21(27-24(32)18-10-14-8-6-7-9-17(14)29(18)4)23(34-28-22)16-11-15(13(2)3)19(30)12-20(16)31/h6-13,30-31H,5H2,1-4H3,(H,26,33)(H,27,32). The van der Waals surface area contributed by atoms with E-state index in [9.17, 15) is 19.8 Å². The highest BCUT2D eigenvalue weighted by Crippen LogP contribution is 2.41. The van der Waals surface area contributed by atoms with Crippen molar-refractivity contribution in [3.63, 3.8) is 0 Å². The number of phenolic OH excluding ortho intramolecular Hbond substituents is 2. The number of aromatic hydroxyl groups is 2. The van der Waals surface area contributed by atoms with E-state index < -0.39 is 11.8 Å². The number of phenols is 2. The largest absolute Gasteiger partial charge is 0.508 e. The minimum absolute atomic E-state index is 0.00719. The first-order valence-electron chi connectivity index (χ1n) is 10.9. The Balaban J connectivity index is 1.83. The van der Waals surface area contributed by atoms with Gasteiger partial charge in [-0.05, 0) is 36.6 Å². The summed E-state index contributed by atoms with van der Waals surface area (Å²) in [6.07, 6.45) is 0. The number of hydrogen-bond donors (Lipinski definition) is 4. The number of rotatable bonds is 6. The summed E-state index contributed by atoms with van der Waals surface area (Å²) < 4.78 is 7.21. The summed E-state index contributed by atoms with van der Waals surface area (Å²) >= 11 is 0. The van der Waals surface area contributed by atoms with E-state index in [-0.39, 0.29) is 40.1 Å². The Bertz CT molecular complexity index is 1400. The van der Waals surface area contributed by atoms with Gasteiger partial charge in [0.25, 0.3) is 11.8 Å². The molecule has 0 unspecified atom stereocenters. The van der Waals surface area contributed by atoms with Gasteiger partial charge in [-0.15, -0.1) is 0 Å². The lowest BCUT2D eigenvalue weighted by molar-refractivity contribution is 0.0947. The molecule has 4 rings (SSSR count). The van der Waals surface area contributed by atoms with E-state index in [0.717, 1.165) is 10.9 Å². The van der Waals surface area contributed by atoms with E-state index in [1.165, 1.54) is 6.07 Å². The van der Waals surface area contributed by atoms with Crippen LogP contribution in [0.4, 0.5) is 5.69 Å². The van der Waals surface area contributed by atoms with E-state index in [2.05, 4.69) is 15.8 Å². The Morgan fingerprint density at radius 1 is 1.09 bits per heavy atom. The number of benzene rings is 2. The summed E-state index contributed by atoms with van der Waals surface area (Å²) in [6, 6.07) is 12.1. The molecule has 9 nitrogen and oxygen atoms in total. The molecule has 0 aliphatic heterocycles. The third-order valence-electron chi connectivity index (χ3n) is 5.68. The van der Waals surface area contributed by atoms with Crippen molar-refractivity contribution in [2.45, 2.75) is 26.7 Å². The molecule has 2 amide bonds. The molecule has 0 atom stereocenters. The molecule has 0 fully saturated rings. The minimum atomic E-state index is -0.535. The van der Waals surface area contributed by atoms with Crippen molar-refractivity contribution in [1.29, 1.82) is 0 Å². The van der Waals surface area contributed by atoms with Crippen LogP contribution in [0.3, 0.4) is 0 Å². The Labute approximate surface area is 196 Å². The fourth-order valence-corrected chi connectivity index (χ4v) is 3.91. The molecule has 0 aliphatic rings. The maximum Gasteiger partial charge on any atom is 0.275 e. The van der Waals surface area contributed by atoms with E-state index in [1.807, 2.05) is 38.1 Å². The Morgan fingerprint density at radius 2 is 1.82 bits per heavy atom. The van der Waals surface area contributed by atoms with Gasteiger partial charge in [0.05, 0.1) is 5.56 Å². The lowest BCUT2D eigenvalue weighted by atomic mass is 9.97. The number of anilines is 1. The van der Waals surface area contributed by atoms with Crippen molar-refractivity contribution in [2.24, 2.45) is 7.05 Å². The second kappa shape index (κ2) is 8.93. The second-order valence-electron chi connectivity index (χ2n) is 8.28. The van der Waals surface area contributed by atoms with Gasteiger partial charge < -0.3 is 29.9 Å². The van der Waals surface area contributed by atoms with Crippen molar-refractivity contribution in [1.82, 2.24) is 15.0 Å². The maximum atomic E-state index is 13.3. The number of carbonyl (C=O) groups excluding carboxylic acids is 2. The summed E-state index contributed by atoms with van der Waals surface area (Å²) in [5, 5.41) is 30.9. The van der Waals surface area contributed by atoms with Crippen LogP contribution in [0, 0.1) is 0 Å². The van der Waals surface area contributed by atoms with Gasteiger partial charge in [-0.3, -0.25) is 9.59 Å². The van der Waals surface area contributed by atoms with E-state index in [1.54, 1.807) is 30.7 Å². The summed E-state index contributed by atoms with van der Waals surface area (Å²) in [7, 11) is 1.77. The van der Waals surface area contributed by atoms with Crippen molar-refractivity contribution in [3.05, 3.63) is 59.4 Å². The van der Waals surface area contributed by atoms with E-state index in [0.29, 0.717) is 17.8 Å². The molecular formula is C25H26N4O5. The Hall–Kier alpha value is -4.27. The number of amides is 2. The first-order chi connectivity index (χ1) is 16.2. The van der Waals surface area contributed by atoms with Gasteiger partial charge in [0, 0.05) is 30.6 Å². The van der Waals surface area contributed by atoms with Gasteiger partial charge in [0.2, 0.25) is 0 Å². The van der Waals surface area contributed by atoms with Crippen LogP contribution in [0.2, 0.25) is 0 Å². The summed E-state index contributed by atoms with van der Waals surface area (Å²) in [6.45, 7) is 5.88. The lowest BCUT2D eigenvalue weighted by Gasteiger charge is -2.13. The third kappa shape index (κ3) is 3.96. The third-order valence-corrected chi connectivity index (χ3v) is 5.68. The van der Waals surface area contributed by atoms with Crippen molar-refractivity contribution >= 4 is 28.4 Å². The van der Waals surface area contributed by atoms with Crippen molar-refractivity contribution in [2.75, 3.05) is 11.9 Å². The molecule has 0 saturated carbocycles. The molecule has 0 radical (unpaired) electrons. The zero-order valence-electron chi connectivity index (χ0n) is 19.3. The fraction of sp³-hybridized carbons (Fsp3) is 0.240. The molecule has 2 aromatic carbocycles. The fourth-order valence-electron chi connectivity index (χ4n) is 3.91. The maximum absolute atomic E-state index is 13.3. The summed E-state index contributed by atoms with van der Waals surface area (Å²) in [4.78, 5) is 26.0. The Morgan fingerprint density at radius 3 is 2.50 bits per heavy atom. The van der Waals surface area contributed by atoms with Crippen LogP contribution >= 0.6 is 0 Å². The van der Waals surface area contributed by atoms with Gasteiger partial charge in [-0.1, -0.05) is 37.2 Å². The smallest absolute Gasteiger partial charge is 0.275 e. The highest BCUT2D eigenvalue weighted by molar-refractivity contribution is 6.11. The topological polar surface area (TPSA) is 130 Å². The number of nitrogens with one attached hydrogen (secondary N) is 2. The Kier molecular flexibility index (Phi) is 6.02. The molecule has 9 heteroatoms. The molecular weight excluding hydrogens is 436 g/mol. The second-order valence-corrected chi connectivity index (χ2v) is 8.28. The highest BCUT2D eigenvalue weighted by atomic mass is 16.5.